The maximum atomic E-state index is 14.2. The molecule has 0 unspecified atom stereocenters. The fourth-order valence-corrected chi connectivity index (χ4v) is 4.97. The van der Waals surface area contributed by atoms with Crippen LogP contribution in [-0.4, -0.2) is 38.6 Å². The van der Waals surface area contributed by atoms with Crippen LogP contribution in [0.3, 0.4) is 0 Å². The fourth-order valence-electron chi connectivity index (χ4n) is 3.35. The Kier molecular flexibility index (Phi) is 5.84. The Morgan fingerprint density at radius 3 is 3.07 bits per heavy atom. The molecule has 3 aromatic rings. The smallest absolute Gasteiger partial charge is 0.356 e. The number of aromatic nitrogens is 4. The lowest BCUT2D eigenvalue weighted by molar-refractivity contribution is 0.0331. The molecule has 0 amide bonds. The van der Waals surface area contributed by atoms with Crippen molar-refractivity contribution in [2.75, 3.05) is 18.7 Å². The van der Waals surface area contributed by atoms with E-state index >= 15 is 0 Å². The molecule has 1 saturated heterocycles. The third-order valence-electron chi connectivity index (χ3n) is 4.85. The summed E-state index contributed by atoms with van der Waals surface area (Å²) in [6.45, 7) is 4.30. The summed E-state index contributed by atoms with van der Waals surface area (Å²) in [5.41, 5.74) is 8.19. The highest BCUT2D eigenvalue weighted by Crippen LogP contribution is 2.56. The van der Waals surface area contributed by atoms with Crippen molar-refractivity contribution in [3.05, 3.63) is 47.8 Å². The van der Waals surface area contributed by atoms with Crippen LogP contribution in [0.4, 0.5) is 10.2 Å². The predicted octanol–water partition coefficient (Wildman–Crippen LogP) is 3.59. The van der Waals surface area contributed by atoms with Gasteiger partial charge in [0.15, 0.2) is 11.5 Å². The van der Waals surface area contributed by atoms with Crippen molar-refractivity contribution in [3.63, 3.8) is 0 Å². The van der Waals surface area contributed by atoms with Crippen molar-refractivity contribution in [2.45, 2.75) is 39.0 Å². The highest BCUT2D eigenvalue weighted by atomic mass is 31.2. The van der Waals surface area contributed by atoms with Crippen LogP contribution in [0.2, 0.25) is 0 Å². The molecule has 9 nitrogen and oxygen atoms in total. The lowest BCUT2D eigenvalue weighted by atomic mass is 10.0. The minimum absolute atomic E-state index is 0.204. The summed E-state index contributed by atoms with van der Waals surface area (Å²) < 4.78 is 45.8. The van der Waals surface area contributed by atoms with Gasteiger partial charge in [0, 0.05) is 12.0 Å². The number of anilines is 1. The maximum absolute atomic E-state index is 14.2. The van der Waals surface area contributed by atoms with Crippen molar-refractivity contribution in [1.29, 1.82) is 0 Å². The van der Waals surface area contributed by atoms with Crippen LogP contribution >= 0.6 is 7.60 Å². The van der Waals surface area contributed by atoms with Crippen molar-refractivity contribution in [1.82, 2.24) is 19.5 Å². The van der Waals surface area contributed by atoms with E-state index in [-0.39, 0.29) is 24.9 Å². The summed E-state index contributed by atoms with van der Waals surface area (Å²) in [5.74, 6) is -0.0863. The Hall–Kier alpha value is -2.39. The molecule has 0 radical (unpaired) electrons. The second-order valence-electron chi connectivity index (χ2n) is 7.29. The first kappa shape index (κ1) is 20.9. The quantitative estimate of drug-likeness (QED) is 0.584. The van der Waals surface area contributed by atoms with Crippen molar-refractivity contribution >= 4 is 24.6 Å². The van der Waals surface area contributed by atoms with Crippen LogP contribution in [-0.2, 0) is 24.9 Å². The zero-order valence-corrected chi connectivity index (χ0v) is 17.6. The summed E-state index contributed by atoms with van der Waals surface area (Å²) in [6, 6.07) is 4.77. The van der Waals surface area contributed by atoms with E-state index in [0.29, 0.717) is 35.5 Å². The first-order chi connectivity index (χ1) is 14.3. The molecule has 30 heavy (non-hydrogen) atoms. The molecule has 0 spiro atoms. The Balaban J connectivity index is 1.40. The van der Waals surface area contributed by atoms with E-state index in [4.69, 9.17) is 19.5 Å². The zero-order chi connectivity index (χ0) is 21.3. The monoisotopic (exact) mass is 435 g/mol. The van der Waals surface area contributed by atoms with E-state index in [2.05, 4.69) is 15.0 Å². The highest BCUT2D eigenvalue weighted by Gasteiger charge is 2.36. The van der Waals surface area contributed by atoms with Gasteiger partial charge in [-0.25, -0.2) is 19.3 Å². The first-order valence-electron chi connectivity index (χ1n) is 9.55. The number of hydrogen-bond acceptors (Lipinski definition) is 8. The minimum atomic E-state index is -3.53. The van der Waals surface area contributed by atoms with Gasteiger partial charge in [-0.05, 0) is 19.9 Å². The number of aryl methyl sites for hydroxylation is 1. The summed E-state index contributed by atoms with van der Waals surface area (Å²) >= 11 is 0. The van der Waals surface area contributed by atoms with Crippen molar-refractivity contribution in [3.8, 4) is 0 Å². The number of nitrogens with two attached hydrogens (primary N) is 1. The minimum Gasteiger partial charge on any atom is -0.382 e. The van der Waals surface area contributed by atoms with Gasteiger partial charge in [0.25, 0.3) is 0 Å². The number of halogens is 1. The van der Waals surface area contributed by atoms with Gasteiger partial charge in [-0.15, -0.1) is 0 Å². The molecule has 0 aliphatic carbocycles. The van der Waals surface area contributed by atoms with E-state index in [1.807, 2.05) is 13.8 Å². The third kappa shape index (κ3) is 4.37. The van der Waals surface area contributed by atoms with Gasteiger partial charge >= 0.3 is 7.60 Å². The molecule has 4 rings (SSSR count). The molecule has 11 heteroatoms. The molecule has 3 heterocycles. The van der Waals surface area contributed by atoms with Gasteiger partial charge in [0.1, 0.15) is 24.0 Å². The Labute approximate surface area is 172 Å². The average molecular weight is 435 g/mol. The van der Waals surface area contributed by atoms with E-state index in [1.54, 1.807) is 23.0 Å². The van der Waals surface area contributed by atoms with E-state index in [1.165, 1.54) is 12.4 Å². The van der Waals surface area contributed by atoms with E-state index < -0.39 is 13.7 Å². The Morgan fingerprint density at radius 1 is 1.40 bits per heavy atom. The number of imidazole rings is 1. The van der Waals surface area contributed by atoms with Gasteiger partial charge in [-0.2, -0.15) is 0 Å². The molecule has 160 valence electrons. The number of nitrogens with zero attached hydrogens (tertiary/aromatic N) is 4. The topological polar surface area (TPSA) is 114 Å². The lowest BCUT2D eigenvalue weighted by Gasteiger charge is -2.30. The zero-order valence-electron chi connectivity index (χ0n) is 16.7. The number of ether oxygens (including phenoxy) is 1. The van der Waals surface area contributed by atoms with E-state index in [0.717, 1.165) is 5.56 Å². The van der Waals surface area contributed by atoms with Gasteiger partial charge in [0.05, 0.1) is 31.7 Å². The molecule has 1 aliphatic rings. The van der Waals surface area contributed by atoms with Crippen LogP contribution in [0.15, 0.2) is 30.9 Å². The van der Waals surface area contributed by atoms with Crippen LogP contribution < -0.4 is 5.73 Å². The number of hydrogen-bond donors (Lipinski definition) is 1. The summed E-state index contributed by atoms with van der Waals surface area (Å²) in [5, 5.41) is 0. The summed E-state index contributed by atoms with van der Waals surface area (Å²) in [4.78, 5) is 12.3. The van der Waals surface area contributed by atoms with Gasteiger partial charge < -0.3 is 19.6 Å². The fraction of sp³-hybridized carbons (Fsp3) is 0.421. The Morgan fingerprint density at radius 2 is 2.23 bits per heavy atom. The summed E-state index contributed by atoms with van der Waals surface area (Å²) in [7, 11) is -3.53. The van der Waals surface area contributed by atoms with Crippen molar-refractivity contribution in [2.24, 2.45) is 0 Å². The SMILES string of the molecule is Cc1ccc(F)c([C@@H]2CCO[P@](=O)(CO[C@H](C)Cn3cnc4c(N)ncnc43)O2)c1. The van der Waals surface area contributed by atoms with Crippen LogP contribution in [0, 0.1) is 12.7 Å². The number of benzene rings is 1. The van der Waals surface area contributed by atoms with Gasteiger partial charge in [-0.1, -0.05) is 17.7 Å². The maximum Gasteiger partial charge on any atom is 0.356 e. The summed E-state index contributed by atoms with van der Waals surface area (Å²) in [6.07, 6.45) is 2.17. The number of fused-ring (bicyclic) bond motifs is 1. The molecular formula is C19H23FN5O4P. The second kappa shape index (κ2) is 8.39. The van der Waals surface area contributed by atoms with Crippen molar-refractivity contribution < 1.29 is 22.7 Å². The molecule has 0 bridgehead atoms. The van der Waals surface area contributed by atoms with Crippen LogP contribution in [0.25, 0.3) is 11.2 Å². The van der Waals surface area contributed by atoms with E-state index in [9.17, 15) is 8.96 Å². The molecular weight excluding hydrogens is 412 g/mol. The standard InChI is InChI=1S/C19H23FN5O4P/c1-12-3-4-15(20)14(7-12)16-5-6-28-30(26,29-16)11-27-13(2)8-25-10-24-17-18(21)22-9-23-19(17)25/h3-4,7,9-10,13,16H,5-6,8,11H2,1-2H3,(H2,21,22,23)/t13-,16+,30-/m1/s1. The second-order valence-corrected chi connectivity index (χ2v) is 9.24. The average Bonchev–Trinajstić information content (AvgIpc) is 3.12. The predicted molar refractivity (Wildman–Crippen MR) is 108 cm³/mol. The van der Waals surface area contributed by atoms with Gasteiger partial charge in [-0.3, -0.25) is 9.09 Å². The Bertz CT molecular complexity index is 1110. The molecule has 1 aromatic carbocycles. The van der Waals surface area contributed by atoms with Crippen LogP contribution in [0.5, 0.6) is 0 Å². The number of rotatable bonds is 6. The number of nitrogen functional groups attached to an aromatic ring is 1. The third-order valence-corrected chi connectivity index (χ3v) is 6.47. The lowest BCUT2D eigenvalue weighted by Crippen LogP contribution is -2.21. The molecule has 2 N–H and O–H groups in total. The molecule has 0 saturated carbocycles. The largest absolute Gasteiger partial charge is 0.382 e. The normalized spacial score (nSPS) is 23.0. The molecule has 1 aliphatic heterocycles. The van der Waals surface area contributed by atoms with Crippen LogP contribution in [0.1, 0.15) is 30.6 Å². The molecule has 2 aromatic heterocycles. The first-order valence-corrected chi connectivity index (χ1v) is 11.3. The van der Waals surface area contributed by atoms with Gasteiger partial charge in [0.2, 0.25) is 0 Å². The molecule has 3 atom stereocenters. The molecule has 1 fully saturated rings. The highest BCUT2D eigenvalue weighted by molar-refractivity contribution is 7.53.